The van der Waals surface area contributed by atoms with Crippen molar-refractivity contribution in [3.8, 4) is 11.5 Å². The summed E-state index contributed by atoms with van der Waals surface area (Å²) in [5, 5.41) is 20.7. The molecule has 0 unspecified atom stereocenters. The molecule has 3 rings (SSSR count). The minimum absolute atomic E-state index is 0.0288. The number of nitrogens with zero attached hydrogens (tertiary/aromatic N) is 2. The van der Waals surface area contributed by atoms with Gasteiger partial charge in [0.15, 0.2) is 0 Å². The minimum atomic E-state index is -0.577. The van der Waals surface area contributed by atoms with E-state index >= 15 is 0 Å². The van der Waals surface area contributed by atoms with Gasteiger partial charge in [0.25, 0.3) is 5.69 Å². The molecule has 3 aromatic rings. The molecule has 0 aliphatic heterocycles. The Labute approximate surface area is 168 Å². The van der Waals surface area contributed by atoms with E-state index in [2.05, 4.69) is 20.9 Å². The molecular weight excluding hydrogens is 428 g/mol. The quantitative estimate of drug-likeness (QED) is 0.197. The number of nitro groups is 1. The number of hydrogen-bond donors (Lipinski definition) is 1. The van der Waals surface area contributed by atoms with Gasteiger partial charge in [0, 0.05) is 28.4 Å². The van der Waals surface area contributed by atoms with Crippen LogP contribution in [0.15, 0.2) is 76.2 Å². The second kappa shape index (κ2) is 8.45. The van der Waals surface area contributed by atoms with Gasteiger partial charge in [-0.05, 0) is 46.3 Å². The molecule has 7 nitrogen and oxygen atoms in total. The molecule has 140 valence electrons. The van der Waals surface area contributed by atoms with Crippen LogP contribution in [0.5, 0.6) is 11.5 Å². The van der Waals surface area contributed by atoms with Crippen LogP contribution in [0.25, 0.3) is 0 Å². The number of non-ortho nitro benzene ring substituents is 1. The molecule has 0 fully saturated rings. The highest BCUT2D eigenvalue weighted by atomic mass is 79.9. The van der Waals surface area contributed by atoms with Crippen LogP contribution < -0.4 is 4.74 Å². The van der Waals surface area contributed by atoms with E-state index in [1.807, 2.05) is 0 Å². The number of phenolic OH excluding ortho intramolecular Hbond substituents is 1. The molecule has 0 aliphatic carbocycles. The zero-order chi connectivity index (χ0) is 20.1. The molecule has 1 N–H and O–H groups in total. The summed E-state index contributed by atoms with van der Waals surface area (Å²) in [5.74, 6) is -0.493. The number of halogens is 1. The van der Waals surface area contributed by atoms with Crippen molar-refractivity contribution in [2.45, 2.75) is 0 Å². The number of carbonyl (C=O) groups excluding carboxylic acids is 1. The third-order valence-corrected chi connectivity index (χ3v) is 4.42. The Morgan fingerprint density at radius 3 is 2.57 bits per heavy atom. The van der Waals surface area contributed by atoms with E-state index < -0.39 is 10.9 Å². The standard InChI is InChI=1S/C20H13BrN2O5/c21-16-7-3-2-6-15(16)20(25)28-19-8-4-1-5-13(19)12-22-17-11-14(23(26)27)9-10-18(17)24/h1-12,24H. The van der Waals surface area contributed by atoms with E-state index in [4.69, 9.17) is 4.74 Å². The number of benzene rings is 3. The molecular formula is C20H13BrN2O5. The average Bonchev–Trinajstić information content (AvgIpc) is 2.68. The number of esters is 1. The third-order valence-electron chi connectivity index (χ3n) is 3.73. The van der Waals surface area contributed by atoms with Crippen LogP contribution >= 0.6 is 15.9 Å². The Kier molecular flexibility index (Phi) is 5.81. The summed E-state index contributed by atoms with van der Waals surface area (Å²) in [6, 6.07) is 17.1. The van der Waals surface area contributed by atoms with E-state index in [0.29, 0.717) is 15.6 Å². The molecule has 0 radical (unpaired) electrons. The molecule has 0 aliphatic rings. The van der Waals surface area contributed by atoms with E-state index in [9.17, 15) is 20.0 Å². The molecule has 28 heavy (non-hydrogen) atoms. The van der Waals surface area contributed by atoms with Gasteiger partial charge in [0.05, 0.1) is 10.5 Å². The monoisotopic (exact) mass is 440 g/mol. The van der Waals surface area contributed by atoms with Crippen LogP contribution in [0.2, 0.25) is 0 Å². The highest BCUT2D eigenvalue weighted by Gasteiger charge is 2.14. The molecule has 3 aromatic carbocycles. The summed E-state index contributed by atoms with van der Waals surface area (Å²) in [4.78, 5) is 26.8. The Balaban J connectivity index is 1.88. The number of aromatic hydroxyl groups is 1. The SMILES string of the molecule is O=C(Oc1ccccc1C=Nc1cc([N+](=O)[O-])ccc1O)c1ccccc1Br. The van der Waals surface area contributed by atoms with Gasteiger partial charge in [-0.1, -0.05) is 24.3 Å². The predicted octanol–water partition coefficient (Wildman–Crippen LogP) is 5.03. The molecule has 0 atom stereocenters. The summed E-state index contributed by atoms with van der Waals surface area (Å²) >= 11 is 3.31. The van der Waals surface area contributed by atoms with Crippen LogP contribution in [0.3, 0.4) is 0 Å². The number of ether oxygens (including phenoxy) is 1. The zero-order valence-corrected chi connectivity index (χ0v) is 15.9. The van der Waals surface area contributed by atoms with Gasteiger partial charge in [-0.3, -0.25) is 15.1 Å². The van der Waals surface area contributed by atoms with Crippen molar-refractivity contribution in [1.82, 2.24) is 0 Å². The number of phenols is 1. The van der Waals surface area contributed by atoms with E-state index in [0.717, 1.165) is 6.07 Å². The van der Waals surface area contributed by atoms with Crippen molar-refractivity contribution in [2.24, 2.45) is 4.99 Å². The average molecular weight is 441 g/mol. The van der Waals surface area contributed by atoms with E-state index in [-0.39, 0.29) is 22.9 Å². The molecule has 0 amide bonds. The maximum absolute atomic E-state index is 12.4. The number of hydrogen-bond acceptors (Lipinski definition) is 6. The number of para-hydroxylation sites is 1. The fraction of sp³-hybridized carbons (Fsp3) is 0. The minimum Gasteiger partial charge on any atom is -0.506 e. The first-order valence-corrected chi connectivity index (χ1v) is 8.82. The highest BCUT2D eigenvalue weighted by Crippen LogP contribution is 2.31. The normalized spacial score (nSPS) is 10.8. The lowest BCUT2D eigenvalue weighted by molar-refractivity contribution is -0.384. The van der Waals surface area contributed by atoms with Crippen LogP contribution in [0.4, 0.5) is 11.4 Å². The number of rotatable bonds is 5. The largest absolute Gasteiger partial charge is 0.506 e. The van der Waals surface area contributed by atoms with Gasteiger partial charge in [0.2, 0.25) is 0 Å². The lowest BCUT2D eigenvalue weighted by atomic mass is 10.2. The van der Waals surface area contributed by atoms with E-state index in [1.54, 1.807) is 48.5 Å². The van der Waals surface area contributed by atoms with Crippen LogP contribution in [-0.4, -0.2) is 22.2 Å². The molecule has 0 aromatic heterocycles. The Morgan fingerprint density at radius 2 is 1.82 bits per heavy atom. The van der Waals surface area contributed by atoms with Crippen LogP contribution in [0, 0.1) is 10.1 Å². The summed E-state index contributed by atoms with van der Waals surface area (Å²) in [6.07, 6.45) is 1.36. The van der Waals surface area contributed by atoms with Gasteiger partial charge in [-0.2, -0.15) is 0 Å². The van der Waals surface area contributed by atoms with Gasteiger partial charge in [-0.25, -0.2) is 4.79 Å². The smallest absolute Gasteiger partial charge is 0.344 e. The van der Waals surface area contributed by atoms with Gasteiger partial charge in [0.1, 0.15) is 17.2 Å². The zero-order valence-electron chi connectivity index (χ0n) is 14.3. The maximum atomic E-state index is 12.4. The van der Waals surface area contributed by atoms with Gasteiger partial charge < -0.3 is 9.84 Å². The third kappa shape index (κ3) is 4.41. The lowest BCUT2D eigenvalue weighted by Gasteiger charge is -2.08. The van der Waals surface area contributed by atoms with Crippen molar-refractivity contribution < 1.29 is 19.6 Å². The topological polar surface area (TPSA) is 102 Å². The predicted molar refractivity (Wildman–Crippen MR) is 108 cm³/mol. The first-order valence-electron chi connectivity index (χ1n) is 8.03. The number of nitro benzene ring substituents is 1. The fourth-order valence-corrected chi connectivity index (χ4v) is 2.78. The number of aliphatic imine (C=N–C) groups is 1. The van der Waals surface area contributed by atoms with Crippen LogP contribution in [-0.2, 0) is 0 Å². The fourth-order valence-electron chi connectivity index (χ4n) is 2.33. The summed E-state index contributed by atoms with van der Waals surface area (Å²) in [5.41, 5.74) is 0.666. The first-order chi connectivity index (χ1) is 13.5. The molecule has 0 spiro atoms. The second-order valence-electron chi connectivity index (χ2n) is 5.60. The number of carbonyl (C=O) groups is 1. The van der Waals surface area contributed by atoms with E-state index in [1.165, 1.54) is 18.3 Å². The van der Waals surface area contributed by atoms with Crippen molar-refractivity contribution in [3.63, 3.8) is 0 Å². The molecule has 8 heteroatoms. The molecule has 0 saturated carbocycles. The van der Waals surface area contributed by atoms with Crippen LogP contribution in [0.1, 0.15) is 15.9 Å². The van der Waals surface area contributed by atoms with Gasteiger partial charge in [-0.15, -0.1) is 0 Å². The summed E-state index contributed by atoms with van der Waals surface area (Å²) in [7, 11) is 0. The Morgan fingerprint density at radius 1 is 1.11 bits per heavy atom. The Hall–Kier alpha value is -3.52. The van der Waals surface area contributed by atoms with Crippen molar-refractivity contribution in [1.29, 1.82) is 0 Å². The molecule has 0 bridgehead atoms. The maximum Gasteiger partial charge on any atom is 0.344 e. The molecule has 0 saturated heterocycles. The molecule has 0 heterocycles. The Bertz CT molecular complexity index is 1080. The van der Waals surface area contributed by atoms with Gasteiger partial charge >= 0.3 is 5.97 Å². The first kappa shape index (κ1) is 19.2. The second-order valence-corrected chi connectivity index (χ2v) is 6.45. The van der Waals surface area contributed by atoms with Crippen molar-refractivity contribution >= 4 is 39.5 Å². The van der Waals surface area contributed by atoms with Crippen molar-refractivity contribution in [3.05, 3.63) is 92.4 Å². The van der Waals surface area contributed by atoms with Crippen molar-refractivity contribution in [2.75, 3.05) is 0 Å². The highest BCUT2D eigenvalue weighted by molar-refractivity contribution is 9.10. The lowest BCUT2D eigenvalue weighted by Crippen LogP contribution is -2.10. The summed E-state index contributed by atoms with van der Waals surface area (Å²) < 4.78 is 6.07. The summed E-state index contributed by atoms with van der Waals surface area (Å²) in [6.45, 7) is 0.